The van der Waals surface area contributed by atoms with Crippen molar-refractivity contribution in [2.24, 2.45) is 0 Å². The molecule has 2 atom stereocenters. The van der Waals surface area contributed by atoms with Crippen LogP contribution in [0.2, 0.25) is 0 Å². The van der Waals surface area contributed by atoms with Gasteiger partial charge in [-0.25, -0.2) is 0 Å². The van der Waals surface area contributed by atoms with E-state index >= 15 is 0 Å². The molecule has 3 N–H and O–H groups in total. The highest BCUT2D eigenvalue weighted by molar-refractivity contribution is 9.10. The van der Waals surface area contributed by atoms with Gasteiger partial charge in [0.2, 0.25) is 0 Å². The van der Waals surface area contributed by atoms with Gasteiger partial charge in [0.25, 0.3) is 0 Å². The first-order chi connectivity index (χ1) is 16.5. The maximum atomic E-state index is 10.6. The van der Waals surface area contributed by atoms with E-state index in [-0.39, 0.29) is 19.0 Å². The van der Waals surface area contributed by atoms with Gasteiger partial charge in [0.1, 0.15) is 25.9 Å². The van der Waals surface area contributed by atoms with E-state index in [9.17, 15) is 10.2 Å². The lowest BCUT2D eigenvalue weighted by Gasteiger charge is -2.21. The Bertz CT molecular complexity index is 1100. The maximum absolute atomic E-state index is 10.6. The number of aliphatic hydroxyl groups excluding tert-OH is 2. The van der Waals surface area contributed by atoms with Crippen molar-refractivity contribution < 1.29 is 29.2 Å². The zero-order chi connectivity index (χ0) is 23.9. The van der Waals surface area contributed by atoms with Crippen LogP contribution in [0, 0.1) is 0 Å². The van der Waals surface area contributed by atoms with Gasteiger partial charge in [0.05, 0.1) is 17.7 Å². The first kappa shape index (κ1) is 27.1. The van der Waals surface area contributed by atoms with Gasteiger partial charge in [0, 0.05) is 13.1 Å². The summed E-state index contributed by atoms with van der Waals surface area (Å²) in [5.74, 6) is 2.35. The van der Waals surface area contributed by atoms with Crippen molar-refractivity contribution in [1.82, 2.24) is 5.32 Å². The molecule has 0 bridgehead atoms. The maximum Gasteiger partial charge on any atom is 0.175 e. The van der Waals surface area contributed by atoms with Crippen molar-refractivity contribution in [3.05, 3.63) is 81.8 Å². The summed E-state index contributed by atoms with van der Waals surface area (Å²) in [6.07, 6.45) is -1.44. The van der Waals surface area contributed by atoms with Crippen molar-refractivity contribution in [3.8, 4) is 23.0 Å². The fraction of sp³-hybridized carbons (Fsp3) is 0.308. The van der Waals surface area contributed by atoms with Crippen LogP contribution >= 0.6 is 28.3 Å². The molecule has 1 heterocycles. The highest BCUT2D eigenvalue weighted by Gasteiger charge is 2.18. The molecule has 188 valence electrons. The van der Waals surface area contributed by atoms with E-state index in [0.717, 1.165) is 11.1 Å². The second-order valence-corrected chi connectivity index (χ2v) is 8.75. The first-order valence-corrected chi connectivity index (χ1v) is 11.8. The minimum Gasteiger partial charge on any atom is -0.493 e. The normalized spacial score (nSPS) is 13.9. The zero-order valence-electron chi connectivity index (χ0n) is 19.3. The summed E-state index contributed by atoms with van der Waals surface area (Å²) in [5.41, 5.74) is 2.51. The third-order valence-corrected chi connectivity index (χ3v) is 6.07. The van der Waals surface area contributed by atoms with Crippen LogP contribution in [-0.4, -0.2) is 43.7 Å². The molecule has 35 heavy (non-hydrogen) atoms. The summed E-state index contributed by atoms with van der Waals surface area (Å²) in [6.45, 7) is 2.00. The van der Waals surface area contributed by atoms with Gasteiger partial charge in [-0.05, 0) is 56.9 Å². The highest BCUT2D eigenvalue weighted by atomic mass is 79.9. The van der Waals surface area contributed by atoms with E-state index in [1.807, 2.05) is 42.5 Å². The number of halogens is 2. The van der Waals surface area contributed by atoms with Gasteiger partial charge in [-0.15, -0.1) is 12.4 Å². The summed E-state index contributed by atoms with van der Waals surface area (Å²) >= 11 is 3.55. The fourth-order valence-electron chi connectivity index (χ4n) is 3.69. The van der Waals surface area contributed by atoms with Crippen molar-refractivity contribution in [2.45, 2.75) is 18.8 Å². The molecule has 9 heteroatoms. The molecular weight excluding hydrogens is 538 g/mol. The van der Waals surface area contributed by atoms with Gasteiger partial charge >= 0.3 is 0 Å². The molecule has 0 aliphatic carbocycles. The van der Waals surface area contributed by atoms with E-state index in [1.54, 1.807) is 25.3 Å². The quantitative estimate of drug-likeness (QED) is 0.331. The number of nitrogens with one attached hydrogen (secondary N) is 1. The summed E-state index contributed by atoms with van der Waals surface area (Å²) in [6, 6.07) is 18.7. The van der Waals surface area contributed by atoms with E-state index in [4.69, 9.17) is 18.9 Å². The largest absolute Gasteiger partial charge is 0.493 e. The predicted octanol–water partition coefficient (Wildman–Crippen LogP) is 4.59. The summed E-state index contributed by atoms with van der Waals surface area (Å²) in [7, 11) is 1.57. The van der Waals surface area contributed by atoms with Crippen LogP contribution in [0.1, 0.15) is 28.9 Å². The Hall–Kier alpha value is -2.49. The number of benzene rings is 3. The molecule has 7 nitrogen and oxygen atoms in total. The van der Waals surface area contributed by atoms with E-state index in [1.165, 1.54) is 0 Å². The standard InChI is InChI=1S/C26H28BrNO6.ClH/c1-31-25-12-17(14-28-15-21(29)18-5-3-2-4-6-18)11-20(27)26(25)34-16-22(30)19-7-8-23-24(13-19)33-10-9-32-23;/h2-8,11-13,21-22,28-30H,9-10,14-16H2,1H3;1H. The van der Waals surface area contributed by atoms with Crippen LogP contribution in [0.15, 0.2) is 65.1 Å². The molecule has 0 aromatic heterocycles. The van der Waals surface area contributed by atoms with Gasteiger partial charge in [0.15, 0.2) is 23.0 Å². The minimum atomic E-state index is -0.853. The lowest BCUT2D eigenvalue weighted by atomic mass is 10.1. The number of aliphatic hydroxyl groups is 2. The highest BCUT2D eigenvalue weighted by Crippen LogP contribution is 2.38. The molecule has 0 fully saturated rings. The van der Waals surface area contributed by atoms with E-state index in [0.29, 0.717) is 59.3 Å². The predicted molar refractivity (Wildman–Crippen MR) is 139 cm³/mol. The van der Waals surface area contributed by atoms with Crippen molar-refractivity contribution >= 4 is 28.3 Å². The Morgan fingerprint density at radius 1 is 0.943 bits per heavy atom. The summed E-state index contributed by atoms with van der Waals surface area (Å²) in [4.78, 5) is 0. The number of rotatable bonds is 10. The van der Waals surface area contributed by atoms with Crippen LogP contribution < -0.4 is 24.3 Å². The molecule has 0 amide bonds. The second kappa shape index (κ2) is 13.0. The average Bonchev–Trinajstić information content (AvgIpc) is 2.87. The molecule has 3 aromatic carbocycles. The third-order valence-electron chi connectivity index (χ3n) is 5.48. The number of hydrogen-bond donors (Lipinski definition) is 3. The first-order valence-electron chi connectivity index (χ1n) is 11.1. The fourth-order valence-corrected chi connectivity index (χ4v) is 4.29. The number of ether oxygens (including phenoxy) is 4. The molecule has 4 rings (SSSR count). The Morgan fingerprint density at radius 3 is 2.43 bits per heavy atom. The average molecular weight is 567 g/mol. The van der Waals surface area contributed by atoms with Gasteiger partial charge in [-0.2, -0.15) is 0 Å². The van der Waals surface area contributed by atoms with Crippen molar-refractivity contribution in [2.75, 3.05) is 33.5 Å². The van der Waals surface area contributed by atoms with Crippen molar-refractivity contribution in [3.63, 3.8) is 0 Å². The van der Waals surface area contributed by atoms with Gasteiger partial charge < -0.3 is 34.5 Å². The topological polar surface area (TPSA) is 89.4 Å². The SMILES string of the molecule is COc1cc(CNCC(O)c2ccccc2)cc(Br)c1OCC(O)c1ccc2c(c1)OCCO2.Cl. The van der Waals surface area contributed by atoms with Crippen LogP contribution in [0.25, 0.3) is 0 Å². The molecule has 0 saturated carbocycles. The molecule has 0 spiro atoms. The Kier molecular flexibility index (Phi) is 10.1. The van der Waals surface area contributed by atoms with Crippen LogP contribution in [0.5, 0.6) is 23.0 Å². The Balaban J connectivity index is 0.00000342. The molecular formula is C26H29BrClNO6. The molecule has 2 unspecified atom stereocenters. The lowest BCUT2D eigenvalue weighted by molar-refractivity contribution is 0.105. The number of methoxy groups -OCH3 is 1. The van der Waals surface area contributed by atoms with Crippen molar-refractivity contribution in [1.29, 1.82) is 0 Å². The van der Waals surface area contributed by atoms with E-state index in [2.05, 4.69) is 21.2 Å². The molecule has 1 aliphatic rings. The smallest absolute Gasteiger partial charge is 0.175 e. The molecule has 3 aromatic rings. The molecule has 1 aliphatic heterocycles. The lowest BCUT2D eigenvalue weighted by Crippen LogP contribution is -2.21. The summed E-state index contributed by atoms with van der Waals surface area (Å²) in [5, 5.41) is 24.2. The molecule has 0 saturated heterocycles. The monoisotopic (exact) mass is 565 g/mol. The van der Waals surface area contributed by atoms with Gasteiger partial charge in [-0.1, -0.05) is 36.4 Å². The van der Waals surface area contributed by atoms with E-state index < -0.39 is 12.2 Å². The van der Waals surface area contributed by atoms with Gasteiger partial charge in [-0.3, -0.25) is 0 Å². The Labute approximate surface area is 219 Å². The molecule has 0 radical (unpaired) electrons. The Morgan fingerprint density at radius 2 is 1.69 bits per heavy atom. The minimum absolute atomic E-state index is 0. The van der Waals surface area contributed by atoms with Crippen LogP contribution in [-0.2, 0) is 6.54 Å². The second-order valence-electron chi connectivity index (χ2n) is 7.90. The zero-order valence-corrected chi connectivity index (χ0v) is 21.7. The summed E-state index contributed by atoms with van der Waals surface area (Å²) < 4.78 is 23.3. The number of fused-ring (bicyclic) bond motifs is 1. The number of hydrogen-bond acceptors (Lipinski definition) is 7. The third kappa shape index (κ3) is 7.02. The van der Waals surface area contributed by atoms with Crippen LogP contribution in [0.4, 0.5) is 0 Å². The van der Waals surface area contributed by atoms with Crippen LogP contribution in [0.3, 0.4) is 0 Å².